The van der Waals surface area contributed by atoms with E-state index < -0.39 is 0 Å². The second-order valence-electron chi connectivity index (χ2n) is 9.46. The van der Waals surface area contributed by atoms with Gasteiger partial charge in [0.25, 0.3) is 6.01 Å². The van der Waals surface area contributed by atoms with Gasteiger partial charge >= 0.3 is 0 Å². The first-order chi connectivity index (χ1) is 15.5. The number of fused-ring (bicyclic) bond motifs is 1. The van der Waals surface area contributed by atoms with Crippen molar-refractivity contribution in [3.8, 4) is 0 Å². The molecule has 1 aliphatic heterocycles. The van der Waals surface area contributed by atoms with E-state index in [-0.39, 0.29) is 11.7 Å². The van der Waals surface area contributed by atoms with Gasteiger partial charge in [-0.2, -0.15) is 0 Å². The summed E-state index contributed by atoms with van der Waals surface area (Å²) in [5, 5.41) is 1.25. The summed E-state index contributed by atoms with van der Waals surface area (Å²) in [6.45, 7) is 11.5. The third kappa shape index (κ3) is 5.41. The van der Waals surface area contributed by atoms with E-state index in [2.05, 4.69) is 64.9 Å². The molecule has 4 rings (SSSR count). The lowest BCUT2D eigenvalue weighted by Crippen LogP contribution is -2.46. The van der Waals surface area contributed by atoms with Gasteiger partial charge in [-0.05, 0) is 42.9 Å². The van der Waals surface area contributed by atoms with Crippen LogP contribution in [0, 0.1) is 11.8 Å². The molecule has 1 atom stereocenters. The molecule has 2 aromatic heterocycles. The molecule has 6 heteroatoms. The summed E-state index contributed by atoms with van der Waals surface area (Å²) in [7, 11) is 0. The summed E-state index contributed by atoms with van der Waals surface area (Å²) < 4.78 is 5.93. The Kier molecular flexibility index (Phi) is 7.30. The summed E-state index contributed by atoms with van der Waals surface area (Å²) in [5.41, 5.74) is 2.44. The van der Waals surface area contributed by atoms with E-state index in [9.17, 15) is 4.79 Å². The highest BCUT2D eigenvalue weighted by Gasteiger charge is 2.24. The Morgan fingerprint density at radius 3 is 2.69 bits per heavy atom. The van der Waals surface area contributed by atoms with Gasteiger partial charge in [-0.1, -0.05) is 45.4 Å². The van der Waals surface area contributed by atoms with Crippen LogP contribution in [0.25, 0.3) is 10.9 Å². The lowest BCUT2D eigenvalue weighted by atomic mass is 9.87. The first kappa shape index (κ1) is 22.6. The number of hydrogen-bond acceptors (Lipinski definition) is 5. The van der Waals surface area contributed by atoms with Gasteiger partial charge in [0, 0.05) is 49.7 Å². The number of rotatable bonds is 10. The van der Waals surface area contributed by atoms with Crippen molar-refractivity contribution in [3.63, 3.8) is 0 Å². The molecule has 1 aliphatic rings. The Hall–Kier alpha value is -2.60. The van der Waals surface area contributed by atoms with Crippen molar-refractivity contribution in [2.75, 3.05) is 37.6 Å². The lowest BCUT2D eigenvalue weighted by Gasteiger charge is -2.32. The third-order valence-corrected chi connectivity index (χ3v) is 6.67. The summed E-state index contributed by atoms with van der Waals surface area (Å²) in [6, 6.07) is 8.96. The molecule has 1 aromatic carbocycles. The van der Waals surface area contributed by atoms with Gasteiger partial charge in [0.1, 0.15) is 0 Å². The number of ketones is 1. The van der Waals surface area contributed by atoms with E-state index in [1.165, 1.54) is 10.9 Å². The van der Waals surface area contributed by atoms with Crippen LogP contribution in [-0.4, -0.2) is 53.4 Å². The Balaban J connectivity index is 1.42. The van der Waals surface area contributed by atoms with Crippen LogP contribution in [0.3, 0.4) is 0 Å². The first-order valence-electron chi connectivity index (χ1n) is 12.0. The maximum atomic E-state index is 13.1. The fourth-order valence-electron chi connectivity index (χ4n) is 4.62. The number of aromatic nitrogens is 2. The minimum atomic E-state index is 0.0598. The van der Waals surface area contributed by atoms with Gasteiger partial charge in [-0.15, -0.1) is 0 Å². The molecule has 0 bridgehead atoms. The molecular formula is C26H36N4O2. The second-order valence-corrected chi connectivity index (χ2v) is 9.46. The van der Waals surface area contributed by atoms with E-state index in [1.54, 1.807) is 6.20 Å². The minimum absolute atomic E-state index is 0.0598. The minimum Gasteiger partial charge on any atom is -0.420 e. The van der Waals surface area contributed by atoms with Gasteiger partial charge in [-0.25, -0.2) is 4.98 Å². The maximum Gasteiger partial charge on any atom is 0.297 e. The van der Waals surface area contributed by atoms with Gasteiger partial charge in [0.2, 0.25) is 0 Å². The van der Waals surface area contributed by atoms with Crippen molar-refractivity contribution >= 4 is 22.7 Å². The van der Waals surface area contributed by atoms with E-state index in [1.807, 2.05) is 6.07 Å². The van der Waals surface area contributed by atoms with Crippen LogP contribution in [0.5, 0.6) is 0 Å². The number of anilines is 1. The number of oxazole rings is 1. The number of H-pyrrole nitrogens is 1. The molecule has 1 saturated heterocycles. The number of benzene rings is 1. The molecule has 1 fully saturated rings. The standard InChI is InChI=1S/C26H36N4O2/c1-4-29-11-13-30(14-12-29)26-28-18-25(32-26)24(31)16-20(10-9-19(2)3)15-21-17-27-23-8-6-5-7-22(21)23/h5-8,17-20,27H,4,9-16H2,1-3H3. The number of nitrogens with one attached hydrogen (secondary N) is 1. The Morgan fingerprint density at radius 1 is 1.16 bits per heavy atom. The van der Waals surface area contributed by atoms with Crippen LogP contribution in [0.1, 0.15) is 56.2 Å². The SMILES string of the molecule is CCN1CCN(c2ncc(C(=O)CC(CCC(C)C)Cc3c[nH]c4ccccc34)o2)CC1. The van der Waals surface area contributed by atoms with Crippen molar-refractivity contribution in [1.29, 1.82) is 0 Å². The Labute approximate surface area is 191 Å². The number of aromatic amines is 1. The smallest absolute Gasteiger partial charge is 0.297 e. The molecule has 6 nitrogen and oxygen atoms in total. The maximum absolute atomic E-state index is 13.1. The van der Waals surface area contributed by atoms with Crippen LogP contribution in [0.4, 0.5) is 6.01 Å². The molecule has 3 aromatic rings. The van der Waals surface area contributed by atoms with Crippen molar-refractivity contribution in [1.82, 2.24) is 14.9 Å². The molecule has 0 spiro atoms. The van der Waals surface area contributed by atoms with Crippen LogP contribution in [0.15, 0.2) is 41.1 Å². The van der Waals surface area contributed by atoms with Gasteiger partial charge < -0.3 is 19.2 Å². The quantitative estimate of drug-likeness (QED) is 0.444. The third-order valence-electron chi connectivity index (χ3n) is 6.67. The number of para-hydroxylation sites is 1. The van der Waals surface area contributed by atoms with Gasteiger partial charge in [0.15, 0.2) is 11.5 Å². The summed E-state index contributed by atoms with van der Waals surface area (Å²) in [5.74, 6) is 1.36. The number of piperazine rings is 1. The number of hydrogen-bond donors (Lipinski definition) is 1. The number of carbonyl (C=O) groups excluding carboxylic acids is 1. The number of nitrogens with zero attached hydrogens (tertiary/aromatic N) is 3. The van der Waals surface area contributed by atoms with Crippen LogP contribution >= 0.6 is 0 Å². The average Bonchev–Trinajstić information content (AvgIpc) is 3.45. The number of carbonyl (C=O) groups is 1. The number of likely N-dealkylation sites (N-methyl/N-ethyl adjacent to an activating group) is 1. The van der Waals surface area contributed by atoms with E-state index >= 15 is 0 Å². The molecule has 0 saturated carbocycles. The molecule has 0 aliphatic carbocycles. The molecule has 0 amide bonds. The highest BCUT2D eigenvalue weighted by molar-refractivity contribution is 5.93. The van der Waals surface area contributed by atoms with Crippen molar-refractivity contribution in [2.24, 2.45) is 11.8 Å². The number of Topliss-reactive ketones (excluding diaryl/α,β-unsaturated/α-hetero) is 1. The van der Waals surface area contributed by atoms with E-state index in [0.29, 0.717) is 24.1 Å². The predicted octanol–water partition coefficient (Wildman–Crippen LogP) is 5.17. The average molecular weight is 437 g/mol. The molecule has 3 heterocycles. The Morgan fingerprint density at radius 2 is 1.94 bits per heavy atom. The van der Waals surface area contributed by atoms with Crippen LogP contribution in [0.2, 0.25) is 0 Å². The van der Waals surface area contributed by atoms with Gasteiger partial charge in [-0.3, -0.25) is 4.79 Å². The zero-order chi connectivity index (χ0) is 22.5. The van der Waals surface area contributed by atoms with E-state index in [0.717, 1.165) is 57.5 Å². The largest absolute Gasteiger partial charge is 0.420 e. The van der Waals surface area contributed by atoms with Crippen LogP contribution < -0.4 is 4.90 Å². The fraction of sp³-hybridized carbons (Fsp3) is 0.538. The molecule has 1 N–H and O–H groups in total. The monoisotopic (exact) mass is 436 g/mol. The van der Waals surface area contributed by atoms with Crippen molar-refractivity contribution in [2.45, 2.75) is 46.5 Å². The predicted molar refractivity (Wildman–Crippen MR) is 129 cm³/mol. The summed E-state index contributed by atoms with van der Waals surface area (Å²) in [6.07, 6.45) is 7.24. The zero-order valence-corrected chi connectivity index (χ0v) is 19.6. The molecule has 1 unspecified atom stereocenters. The zero-order valence-electron chi connectivity index (χ0n) is 19.6. The molecule has 0 radical (unpaired) electrons. The van der Waals surface area contributed by atoms with Crippen molar-refractivity contribution in [3.05, 3.63) is 48.0 Å². The molecule has 32 heavy (non-hydrogen) atoms. The fourth-order valence-corrected chi connectivity index (χ4v) is 4.62. The van der Waals surface area contributed by atoms with Crippen molar-refractivity contribution < 1.29 is 9.21 Å². The van der Waals surface area contributed by atoms with E-state index in [4.69, 9.17) is 4.42 Å². The topological polar surface area (TPSA) is 65.4 Å². The highest BCUT2D eigenvalue weighted by Crippen LogP contribution is 2.27. The molecular weight excluding hydrogens is 400 g/mol. The summed E-state index contributed by atoms with van der Waals surface area (Å²) >= 11 is 0. The Bertz CT molecular complexity index is 1010. The lowest BCUT2D eigenvalue weighted by molar-refractivity contribution is 0.0930. The van der Waals surface area contributed by atoms with Gasteiger partial charge in [0.05, 0.1) is 6.20 Å². The van der Waals surface area contributed by atoms with Crippen LogP contribution in [-0.2, 0) is 6.42 Å². The summed E-state index contributed by atoms with van der Waals surface area (Å²) in [4.78, 5) is 25.5. The molecule has 172 valence electrons. The first-order valence-corrected chi connectivity index (χ1v) is 12.0. The second kappa shape index (κ2) is 10.3. The highest BCUT2D eigenvalue weighted by atomic mass is 16.4. The normalized spacial score (nSPS) is 16.2.